The number of nitrogens with two attached hydrogens (primary N) is 1. The molecular weight excluding hydrogens is 402 g/mol. The normalized spacial score (nSPS) is 15.8. The summed E-state index contributed by atoms with van der Waals surface area (Å²) in [7, 11) is 0. The van der Waals surface area contributed by atoms with Gasteiger partial charge >= 0.3 is 5.97 Å². The first-order chi connectivity index (χ1) is 14.9. The zero-order valence-corrected chi connectivity index (χ0v) is 17.0. The van der Waals surface area contributed by atoms with Crippen LogP contribution in [0.2, 0.25) is 0 Å². The van der Waals surface area contributed by atoms with Crippen LogP contribution in [0, 0.1) is 0 Å². The number of nitrogens with zero attached hydrogens (tertiary/aromatic N) is 3. The quantitative estimate of drug-likeness (QED) is 0.339. The number of carboxylic acids is 1. The number of anilines is 2. The molecule has 0 radical (unpaired) electrons. The largest absolute Gasteiger partial charge is 0.480 e. The Bertz CT molecular complexity index is 978. The number of carbonyl (C=O) groups is 2. The van der Waals surface area contributed by atoms with Gasteiger partial charge in [-0.25, -0.2) is 19.8 Å². The number of carboxylic acid groups (broad SMARTS) is 1. The predicted molar refractivity (Wildman–Crippen MR) is 115 cm³/mol. The van der Waals surface area contributed by atoms with E-state index in [1.165, 1.54) is 0 Å². The maximum atomic E-state index is 12.3. The summed E-state index contributed by atoms with van der Waals surface area (Å²) in [5.41, 5.74) is 7.73. The molecule has 1 aliphatic heterocycles. The molecule has 11 heteroatoms. The van der Waals surface area contributed by atoms with E-state index in [1.54, 1.807) is 30.5 Å². The summed E-state index contributed by atoms with van der Waals surface area (Å²) in [6.45, 7) is 2.41. The number of fused-ring (bicyclic) bond motifs is 1. The lowest BCUT2D eigenvalue weighted by atomic mass is 10.1. The van der Waals surface area contributed by atoms with Gasteiger partial charge in [-0.1, -0.05) is 13.3 Å². The molecule has 0 saturated heterocycles. The van der Waals surface area contributed by atoms with Crippen molar-refractivity contribution in [2.75, 3.05) is 17.2 Å². The summed E-state index contributed by atoms with van der Waals surface area (Å²) in [6, 6.07) is 5.85. The zero-order chi connectivity index (χ0) is 22.4. The average Bonchev–Trinajstić information content (AvgIpc) is 2.74. The third kappa shape index (κ3) is 5.66. The molecule has 0 spiro atoms. The number of rotatable bonds is 9. The van der Waals surface area contributed by atoms with Crippen LogP contribution in [-0.4, -0.2) is 50.6 Å². The number of hydrogen-bond acceptors (Lipinski definition) is 9. The molecular formula is C20H25N7O4. The van der Waals surface area contributed by atoms with Crippen LogP contribution >= 0.6 is 0 Å². The molecule has 0 bridgehead atoms. The first-order valence-corrected chi connectivity index (χ1v) is 9.89. The molecule has 3 rings (SSSR count). The third-order valence-corrected chi connectivity index (χ3v) is 4.64. The standard InChI is InChI=1S/C20H25N7O4/c1-2-3-14(19(30)31)25-17(28)11-4-6-12(7-5-11)22-9-8-13-10-23-16-15(24-13)18(29)27-20(21)26-16/h4-7,10,14,18,22,29H,2-3,8-9H2,1H3,(H,25,28)(H,30,31)(H3,21,23,26,27)/t14-,18-/m0/s1. The van der Waals surface area contributed by atoms with Gasteiger partial charge in [-0.05, 0) is 30.7 Å². The van der Waals surface area contributed by atoms with Crippen molar-refractivity contribution in [3.63, 3.8) is 0 Å². The van der Waals surface area contributed by atoms with Crippen LogP contribution in [0.25, 0.3) is 0 Å². The number of hydrogen-bond donors (Lipinski definition) is 6. The molecule has 0 fully saturated rings. The van der Waals surface area contributed by atoms with Crippen LogP contribution < -0.4 is 21.7 Å². The smallest absolute Gasteiger partial charge is 0.326 e. The molecule has 31 heavy (non-hydrogen) atoms. The fourth-order valence-corrected chi connectivity index (χ4v) is 3.05. The monoisotopic (exact) mass is 427 g/mol. The number of aliphatic imine (C=N–C) groups is 1. The minimum atomic E-state index is -1.14. The first-order valence-electron chi connectivity index (χ1n) is 9.89. The topological polar surface area (TPSA) is 175 Å². The second-order valence-corrected chi connectivity index (χ2v) is 7.02. The average molecular weight is 427 g/mol. The molecule has 0 unspecified atom stereocenters. The van der Waals surface area contributed by atoms with E-state index in [0.717, 1.165) is 5.69 Å². The Balaban J connectivity index is 1.53. The van der Waals surface area contributed by atoms with Gasteiger partial charge < -0.3 is 31.9 Å². The van der Waals surface area contributed by atoms with Crippen molar-refractivity contribution in [3.8, 4) is 0 Å². The van der Waals surface area contributed by atoms with Gasteiger partial charge in [0.2, 0.25) is 0 Å². The number of guanidine groups is 1. The Labute approximate surface area is 178 Å². The van der Waals surface area contributed by atoms with Crippen LogP contribution in [0.4, 0.5) is 11.5 Å². The summed E-state index contributed by atoms with van der Waals surface area (Å²) < 4.78 is 0. The second kappa shape index (κ2) is 9.85. The van der Waals surface area contributed by atoms with Crippen molar-refractivity contribution in [3.05, 3.63) is 47.4 Å². The number of aliphatic hydroxyl groups excluding tert-OH is 1. The van der Waals surface area contributed by atoms with E-state index in [-0.39, 0.29) is 5.96 Å². The molecule has 1 aliphatic rings. The molecule has 0 saturated carbocycles. The van der Waals surface area contributed by atoms with Gasteiger partial charge in [-0.15, -0.1) is 0 Å². The van der Waals surface area contributed by atoms with Gasteiger partial charge in [0.1, 0.15) is 11.7 Å². The fourth-order valence-electron chi connectivity index (χ4n) is 3.05. The van der Waals surface area contributed by atoms with E-state index >= 15 is 0 Å². The molecule has 2 aromatic rings. The number of aliphatic hydroxyl groups is 1. The number of benzene rings is 1. The summed E-state index contributed by atoms with van der Waals surface area (Å²) in [5, 5.41) is 27.6. The van der Waals surface area contributed by atoms with Gasteiger partial charge in [0.25, 0.3) is 5.91 Å². The van der Waals surface area contributed by atoms with E-state index in [2.05, 4.69) is 30.9 Å². The number of aliphatic carboxylic acids is 1. The van der Waals surface area contributed by atoms with E-state index < -0.39 is 24.1 Å². The minimum Gasteiger partial charge on any atom is -0.480 e. The van der Waals surface area contributed by atoms with Crippen molar-refractivity contribution in [1.29, 1.82) is 0 Å². The molecule has 1 aromatic carbocycles. The maximum Gasteiger partial charge on any atom is 0.326 e. The summed E-state index contributed by atoms with van der Waals surface area (Å²) in [5.74, 6) is -0.996. The van der Waals surface area contributed by atoms with Gasteiger partial charge in [0.15, 0.2) is 18.0 Å². The molecule has 1 aromatic heterocycles. The summed E-state index contributed by atoms with van der Waals surface area (Å²) >= 11 is 0. The van der Waals surface area contributed by atoms with Crippen molar-refractivity contribution in [2.24, 2.45) is 10.7 Å². The number of nitrogens with one attached hydrogen (secondary N) is 3. The van der Waals surface area contributed by atoms with E-state index in [1.807, 2.05) is 6.92 Å². The molecule has 2 heterocycles. The fraction of sp³-hybridized carbons (Fsp3) is 0.350. The molecule has 164 valence electrons. The highest BCUT2D eigenvalue weighted by Gasteiger charge is 2.21. The molecule has 2 atom stereocenters. The molecule has 1 amide bonds. The Kier molecular flexibility index (Phi) is 6.98. The SMILES string of the molecule is CCC[C@H](NC(=O)c1ccc(NCCc2cnc3c(n2)[C@H](O)N=C(N)N3)cc1)C(=O)O. The minimum absolute atomic E-state index is 0.0877. The highest BCUT2D eigenvalue weighted by atomic mass is 16.4. The molecule has 0 aliphatic carbocycles. The summed E-state index contributed by atoms with van der Waals surface area (Å²) in [4.78, 5) is 35.9. The Morgan fingerprint density at radius 1 is 1.29 bits per heavy atom. The van der Waals surface area contributed by atoms with Gasteiger partial charge in [-0.3, -0.25) is 4.79 Å². The second-order valence-electron chi connectivity index (χ2n) is 7.02. The number of aromatic nitrogens is 2. The zero-order valence-electron chi connectivity index (χ0n) is 17.0. The lowest BCUT2D eigenvalue weighted by molar-refractivity contribution is -0.139. The van der Waals surface area contributed by atoms with Crippen LogP contribution in [0.15, 0.2) is 35.5 Å². The van der Waals surface area contributed by atoms with Crippen LogP contribution in [-0.2, 0) is 11.2 Å². The van der Waals surface area contributed by atoms with Crippen LogP contribution in [0.3, 0.4) is 0 Å². The lowest BCUT2D eigenvalue weighted by Gasteiger charge is -2.18. The summed E-state index contributed by atoms with van der Waals surface area (Å²) in [6.07, 6.45) is 2.03. The Hall–Kier alpha value is -3.73. The highest BCUT2D eigenvalue weighted by Crippen LogP contribution is 2.23. The number of carbonyl (C=O) groups excluding carboxylic acids is 1. The van der Waals surface area contributed by atoms with Crippen molar-refractivity contribution >= 4 is 29.3 Å². The highest BCUT2D eigenvalue weighted by molar-refractivity contribution is 5.96. The predicted octanol–water partition coefficient (Wildman–Crippen LogP) is 0.845. The Morgan fingerprint density at radius 2 is 2.03 bits per heavy atom. The van der Waals surface area contributed by atoms with Crippen LogP contribution in [0.1, 0.15) is 47.7 Å². The van der Waals surface area contributed by atoms with Crippen molar-refractivity contribution in [2.45, 2.75) is 38.5 Å². The number of amides is 1. The third-order valence-electron chi connectivity index (χ3n) is 4.64. The Morgan fingerprint density at radius 3 is 2.71 bits per heavy atom. The van der Waals surface area contributed by atoms with Gasteiger partial charge in [0.05, 0.1) is 11.9 Å². The van der Waals surface area contributed by atoms with E-state index in [0.29, 0.717) is 48.6 Å². The first kappa shape index (κ1) is 22.0. The van der Waals surface area contributed by atoms with Crippen molar-refractivity contribution in [1.82, 2.24) is 15.3 Å². The lowest BCUT2D eigenvalue weighted by Crippen LogP contribution is -2.40. The molecule has 7 N–H and O–H groups in total. The van der Waals surface area contributed by atoms with Gasteiger partial charge in [0, 0.05) is 24.2 Å². The van der Waals surface area contributed by atoms with Gasteiger partial charge in [-0.2, -0.15) is 0 Å². The molecule has 11 nitrogen and oxygen atoms in total. The maximum absolute atomic E-state index is 12.3. The van der Waals surface area contributed by atoms with Crippen LogP contribution in [0.5, 0.6) is 0 Å². The van der Waals surface area contributed by atoms with Crippen molar-refractivity contribution < 1.29 is 19.8 Å². The van der Waals surface area contributed by atoms with E-state index in [9.17, 15) is 14.7 Å². The van der Waals surface area contributed by atoms with E-state index in [4.69, 9.17) is 10.8 Å².